The first-order valence-electron chi connectivity index (χ1n) is 4.72. The van der Waals surface area contributed by atoms with Crippen LogP contribution in [-0.4, -0.2) is 36.9 Å². The fourth-order valence-corrected chi connectivity index (χ4v) is 1.24. The highest BCUT2D eigenvalue weighted by Crippen LogP contribution is 2.19. The summed E-state index contributed by atoms with van der Waals surface area (Å²) in [5.41, 5.74) is 0.663. The molecule has 1 aromatic heterocycles. The SMILES string of the molecule is COc1ccc(OC)c(CCNC(=O)O)n1. The molecule has 16 heavy (non-hydrogen) atoms. The summed E-state index contributed by atoms with van der Waals surface area (Å²) in [5, 5.41) is 10.7. The maximum Gasteiger partial charge on any atom is 0.404 e. The molecule has 0 saturated heterocycles. The number of hydrogen-bond acceptors (Lipinski definition) is 4. The highest BCUT2D eigenvalue weighted by molar-refractivity contribution is 5.64. The number of pyridine rings is 1. The fourth-order valence-electron chi connectivity index (χ4n) is 1.24. The standard InChI is InChI=1S/C10H14N2O4/c1-15-8-3-4-9(16-2)12-7(8)5-6-11-10(13)14/h3-4,11H,5-6H2,1-2H3,(H,13,14). The molecule has 2 N–H and O–H groups in total. The molecule has 0 spiro atoms. The zero-order valence-corrected chi connectivity index (χ0v) is 9.19. The Morgan fingerprint density at radius 2 is 2.19 bits per heavy atom. The Morgan fingerprint density at radius 3 is 2.75 bits per heavy atom. The van der Waals surface area contributed by atoms with Crippen LogP contribution >= 0.6 is 0 Å². The van der Waals surface area contributed by atoms with Crippen molar-refractivity contribution in [3.63, 3.8) is 0 Å². The van der Waals surface area contributed by atoms with E-state index in [0.717, 1.165) is 0 Å². The van der Waals surface area contributed by atoms with Gasteiger partial charge in [-0.2, -0.15) is 0 Å². The number of carboxylic acid groups (broad SMARTS) is 1. The highest BCUT2D eigenvalue weighted by atomic mass is 16.5. The van der Waals surface area contributed by atoms with Crippen molar-refractivity contribution in [2.45, 2.75) is 6.42 Å². The minimum absolute atomic E-state index is 0.284. The normalized spacial score (nSPS) is 9.62. The molecule has 1 heterocycles. The zero-order chi connectivity index (χ0) is 12.0. The number of hydrogen-bond donors (Lipinski definition) is 2. The number of ether oxygens (including phenoxy) is 2. The number of aromatic nitrogens is 1. The van der Waals surface area contributed by atoms with Gasteiger partial charge in [0.05, 0.1) is 19.9 Å². The van der Waals surface area contributed by atoms with Crippen molar-refractivity contribution in [3.8, 4) is 11.6 Å². The molecule has 0 saturated carbocycles. The number of amides is 1. The molecular weight excluding hydrogens is 212 g/mol. The first-order valence-corrected chi connectivity index (χ1v) is 4.72. The van der Waals surface area contributed by atoms with Crippen LogP contribution in [0.5, 0.6) is 11.6 Å². The van der Waals surface area contributed by atoms with E-state index in [2.05, 4.69) is 10.3 Å². The van der Waals surface area contributed by atoms with Crippen LogP contribution in [-0.2, 0) is 6.42 Å². The van der Waals surface area contributed by atoms with Gasteiger partial charge >= 0.3 is 6.09 Å². The molecule has 0 bridgehead atoms. The molecule has 1 aromatic rings. The Kier molecular flexibility index (Phi) is 4.38. The zero-order valence-electron chi connectivity index (χ0n) is 9.19. The van der Waals surface area contributed by atoms with E-state index in [4.69, 9.17) is 14.6 Å². The lowest BCUT2D eigenvalue weighted by atomic mass is 10.2. The monoisotopic (exact) mass is 226 g/mol. The Balaban J connectivity index is 2.71. The topological polar surface area (TPSA) is 80.7 Å². The molecule has 88 valence electrons. The lowest BCUT2D eigenvalue weighted by Crippen LogP contribution is -2.23. The van der Waals surface area contributed by atoms with Gasteiger partial charge in [-0.3, -0.25) is 0 Å². The van der Waals surface area contributed by atoms with Gasteiger partial charge in [0.2, 0.25) is 5.88 Å². The van der Waals surface area contributed by atoms with Crippen LogP contribution in [0.4, 0.5) is 4.79 Å². The van der Waals surface area contributed by atoms with Gasteiger partial charge in [-0.1, -0.05) is 0 Å². The summed E-state index contributed by atoms with van der Waals surface area (Å²) in [6.07, 6.45) is -0.603. The second-order valence-corrected chi connectivity index (χ2v) is 2.98. The van der Waals surface area contributed by atoms with Crippen molar-refractivity contribution in [2.24, 2.45) is 0 Å². The number of nitrogens with zero attached hydrogens (tertiary/aromatic N) is 1. The minimum Gasteiger partial charge on any atom is -0.495 e. The summed E-state index contributed by atoms with van der Waals surface area (Å²) in [6, 6.07) is 3.43. The predicted molar refractivity (Wildman–Crippen MR) is 57.1 cm³/mol. The molecule has 0 fully saturated rings. The first kappa shape index (κ1) is 12.1. The third-order valence-electron chi connectivity index (χ3n) is 1.97. The lowest BCUT2D eigenvalue weighted by molar-refractivity contribution is 0.194. The Labute approximate surface area is 93.2 Å². The van der Waals surface area contributed by atoms with Gasteiger partial charge in [-0.15, -0.1) is 0 Å². The molecule has 0 unspecified atom stereocenters. The van der Waals surface area contributed by atoms with Crippen LogP contribution in [0.1, 0.15) is 5.69 Å². The smallest absolute Gasteiger partial charge is 0.404 e. The second-order valence-electron chi connectivity index (χ2n) is 2.98. The number of nitrogens with one attached hydrogen (secondary N) is 1. The van der Waals surface area contributed by atoms with Crippen LogP contribution in [0.2, 0.25) is 0 Å². The average molecular weight is 226 g/mol. The van der Waals surface area contributed by atoms with E-state index in [1.807, 2.05) is 0 Å². The molecule has 1 rings (SSSR count). The Hall–Kier alpha value is -1.98. The van der Waals surface area contributed by atoms with Gasteiger partial charge in [0, 0.05) is 19.0 Å². The van der Waals surface area contributed by atoms with Gasteiger partial charge in [0.1, 0.15) is 5.75 Å². The molecule has 0 radical (unpaired) electrons. The maximum atomic E-state index is 10.3. The maximum absolute atomic E-state index is 10.3. The Morgan fingerprint density at radius 1 is 1.44 bits per heavy atom. The van der Waals surface area contributed by atoms with Crippen molar-refractivity contribution < 1.29 is 19.4 Å². The van der Waals surface area contributed by atoms with Crippen LogP contribution in [0.15, 0.2) is 12.1 Å². The quantitative estimate of drug-likeness (QED) is 0.780. The minimum atomic E-state index is -1.05. The summed E-state index contributed by atoms with van der Waals surface area (Å²) in [5.74, 6) is 1.10. The van der Waals surface area contributed by atoms with E-state index in [0.29, 0.717) is 23.7 Å². The van der Waals surface area contributed by atoms with E-state index >= 15 is 0 Å². The van der Waals surface area contributed by atoms with E-state index in [9.17, 15) is 4.79 Å². The second kappa shape index (κ2) is 5.79. The van der Waals surface area contributed by atoms with E-state index in [1.54, 1.807) is 12.1 Å². The number of rotatable bonds is 5. The summed E-state index contributed by atoms with van der Waals surface area (Å²) in [4.78, 5) is 14.5. The molecule has 6 nitrogen and oxygen atoms in total. The van der Waals surface area contributed by atoms with Gasteiger partial charge in [-0.25, -0.2) is 9.78 Å². The van der Waals surface area contributed by atoms with Gasteiger partial charge in [0.25, 0.3) is 0 Å². The van der Waals surface area contributed by atoms with E-state index < -0.39 is 6.09 Å². The van der Waals surface area contributed by atoms with Gasteiger partial charge < -0.3 is 19.9 Å². The number of carbonyl (C=O) groups is 1. The molecule has 1 amide bonds. The van der Waals surface area contributed by atoms with Crippen LogP contribution in [0.25, 0.3) is 0 Å². The summed E-state index contributed by atoms with van der Waals surface area (Å²) < 4.78 is 10.1. The third kappa shape index (κ3) is 3.30. The first-order chi connectivity index (χ1) is 7.67. The lowest BCUT2D eigenvalue weighted by Gasteiger charge is -2.08. The average Bonchev–Trinajstić information content (AvgIpc) is 2.28. The van der Waals surface area contributed by atoms with Gasteiger partial charge in [-0.05, 0) is 6.07 Å². The molecule has 0 aliphatic carbocycles. The van der Waals surface area contributed by atoms with Crippen molar-refractivity contribution in [1.29, 1.82) is 0 Å². The molecule has 0 aromatic carbocycles. The van der Waals surface area contributed by atoms with Crippen LogP contribution in [0, 0.1) is 0 Å². The molecule has 6 heteroatoms. The van der Waals surface area contributed by atoms with E-state index in [-0.39, 0.29) is 6.54 Å². The largest absolute Gasteiger partial charge is 0.495 e. The third-order valence-corrected chi connectivity index (χ3v) is 1.97. The number of methoxy groups -OCH3 is 2. The predicted octanol–water partition coefficient (Wildman–Crippen LogP) is 0.909. The van der Waals surface area contributed by atoms with E-state index in [1.165, 1.54) is 14.2 Å². The van der Waals surface area contributed by atoms with Crippen LogP contribution in [0.3, 0.4) is 0 Å². The summed E-state index contributed by atoms with van der Waals surface area (Å²) in [7, 11) is 3.06. The van der Waals surface area contributed by atoms with Crippen molar-refractivity contribution >= 4 is 6.09 Å². The van der Waals surface area contributed by atoms with Crippen molar-refractivity contribution in [2.75, 3.05) is 20.8 Å². The summed E-state index contributed by atoms with van der Waals surface area (Å²) in [6.45, 7) is 0.284. The Bertz CT molecular complexity index is 368. The molecule has 0 aliphatic heterocycles. The highest BCUT2D eigenvalue weighted by Gasteiger charge is 2.07. The molecular formula is C10H14N2O4. The summed E-state index contributed by atoms with van der Waals surface area (Å²) >= 11 is 0. The van der Waals surface area contributed by atoms with Crippen molar-refractivity contribution in [3.05, 3.63) is 17.8 Å². The van der Waals surface area contributed by atoms with Crippen molar-refractivity contribution in [1.82, 2.24) is 10.3 Å². The molecule has 0 aliphatic rings. The fraction of sp³-hybridized carbons (Fsp3) is 0.400. The van der Waals surface area contributed by atoms with Crippen LogP contribution < -0.4 is 14.8 Å². The molecule has 0 atom stereocenters. The van der Waals surface area contributed by atoms with Gasteiger partial charge in [0.15, 0.2) is 0 Å².